The van der Waals surface area contributed by atoms with E-state index in [1.54, 1.807) is 0 Å². The van der Waals surface area contributed by atoms with Gasteiger partial charge in [-0.2, -0.15) is 0 Å². The molecule has 10 heavy (non-hydrogen) atoms. The summed E-state index contributed by atoms with van der Waals surface area (Å²) in [5.41, 5.74) is 0. The third-order valence-electron chi connectivity index (χ3n) is 1.59. The average Bonchev–Trinajstić information content (AvgIpc) is 1.99. The molecule has 0 saturated carbocycles. The average molecular weight is 158 g/mol. The van der Waals surface area contributed by atoms with Crippen LogP contribution < -0.4 is 0 Å². The molecule has 2 heteroatoms. The molecule has 0 aromatic rings. The zero-order valence-corrected chi connectivity index (χ0v) is 8.51. The molecule has 0 aliphatic rings. The van der Waals surface area contributed by atoms with Crippen LogP contribution in [-0.4, -0.2) is 15.9 Å². The highest BCUT2D eigenvalue weighted by atomic mass is 28.2. The van der Waals surface area contributed by atoms with Crippen molar-refractivity contribution in [3.63, 3.8) is 0 Å². The zero-order chi connectivity index (χ0) is 7.82. The molecule has 0 N–H and O–H groups in total. The van der Waals surface area contributed by atoms with Gasteiger partial charge in [-0.05, 0) is 18.9 Å². The normalized spacial score (nSPS) is 11.5. The Hall–Kier alpha value is -0.0831. The smallest absolute Gasteiger partial charge is 0.165 e. The summed E-state index contributed by atoms with van der Waals surface area (Å²) >= 11 is 0. The summed E-state index contributed by atoms with van der Waals surface area (Å²) in [7, 11) is -0.276. The molecule has 0 aliphatic carbocycles. The molecule has 0 radical (unpaired) electrons. The van der Waals surface area contributed by atoms with Crippen LogP contribution in [0.15, 0.2) is 12.7 Å². The number of hydrogen-bond acceptors (Lipinski definition) is 1. The molecule has 0 aliphatic heterocycles. The fourth-order valence-electron chi connectivity index (χ4n) is 0.842. The quantitative estimate of drug-likeness (QED) is 0.326. The van der Waals surface area contributed by atoms with Crippen molar-refractivity contribution in [2.45, 2.75) is 38.8 Å². The monoisotopic (exact) mass is 158 g/mol. The van der Waals surface area contributed by atoms with E-state index < -0.39 is 0 Å². The second kappa shape index (κ2) is 7.03. The Labute approximate surface area is 66.4 Å². The summed E-state index contributed by atoms with van der Waals surface area (Å²) in [6.45, 7) is 8.02. The molecule has 60 valence electrons. The van der Waals surface area contributed by atoms with Gasteiger partial charge in [-0.1, -0.05) is 19.9 Å². The lowest BCUT2D eigenvalue weighted by molar-refractivity contribution is 0.203. The Kier molecular flexibility index (Phi) is 6.97. The first-order valence-electron chi connectivity index (χ1n) is 4.07. The van der Waals surface area contributed by atoms with Crippen molar-refractivity contribution in [2.24, 2.45) is 0 Å². The SMILES string of the molecule is C=CC[SiH2]OC(CC)CC. The Morgan fingerprint density at radius 3 is 2.50 bits per heavy atom. The topological polar surface area (TPSA) is 9.23 Å². The molecule has 0 aromatic heterocycles. The first-order chi connectivity index (χ1) is 4.85. The molecule has 1 nitrogen and oxygen atoms in total. The first-order valence-corrected chi connectivity index (χ1v) is 5.65. The van der Waals surface area contributed by atoms with Crippen LogP contribution in [0.25, 0.3) is 0 Å². The highest BCUT2D eigenvalue weighted by Gasteiger charge is 2.00. The lowest BCUT2D eigenvalue weighted by atomic mass is 10.2. The van der Waals surface area contributed by atoms with Gasteiger partial charge in [0.2, 0.25) is 0 Å². The van der Waals surface area contributed by atoms with Crippen LogP contribution in [0.4, 0.5) is 0 Å². The van der Waals surface area contributed by atoms with Crippen molar-refractivity contribution < 1.29 is 4.43 Å². The fraction of sp³-hybridized carbons (Fsp3) is 0.750. The summed E-state index contributed by atoms with van der Waals surface area (Å²) in [4.78, 5) is 0. The van der Waals surface area contributed by atoms with E-state index in [2.05, 4.69) is 20.4 Å². The van der Waals surface area contributed by atoms with E-state index in [1.807, 2.05) is 6.08 Å². The Bertz CT molecular complexity index is 79.3. The van der Waals surface area contributed by atoms with Gasteiger partial charge in [-0.25, -0.2) is 0 Å². The van der Waals surface area contributed by atoms with E-state index in [9.17, 15) is 0 Å². The van der Waals surface area contributed by atoms with Crippen LogP contribution in [0.2, 0.25) is 6.04 Å². The Morgan fingerprint density at radius 1 is 1.50 bits per heavy atom. The minimum atomic E-state index is -0.276. The Morgan fingerprint density at radius 2 is 2.10 bits per heavy atom. The maximum atomic E-state index is 5.65. The highest BCUT2D eigenvalue weighted by Crippen LogP contribution is 2.01. The summed E-state index contributed by atoms with van der Waals surface area (Å²) in [5.74, 6) is 0. The second-order valence-corrected chi connectivity index (χ2v) is 3.71. The lowest BCUT2D eigenvalue weighted by Gasteiger charge is -2.12. The van der Waals surface area contributed by atoms with Gasteiger partial charge in [0, 0.05) is 6.10 Å². The van der Waals surface area contributed by atoms with Gasteiger partial charge in [0.15, 0.2) is 9.76 Å². The van der Waals surface area contributed by atoms with Gasteiger partial charge < -0.3 is 4.43 Å². The summed E-state index contributed by atoms with van der Waals surface area (Å²) in [6, 6.07) is 1.11. The van der Waals surface area contributed by atoms with Gasteiger partial charge in [-0.3, -0.25) is 0 Å². The summed E-state index contributed by atoms with van der Waals surface area (Å²) < 4.78 is 5.65. The largest absolute Gasteiger partial charge is 0.421 e. The van der Waals surface area contributed by atoms with Gasteiger partial charge in [-0.15, -0.1) is 6.58 Å². The van der Waals surface area contributed by atoms with E-state index in [0.29, 0.717) is 6.10 Å². The van der Waals surface area contributed by atoms with E-state index in [-0.39, 0.29) is 9.76 Å². The van der Waals surface area contributed by atoms with E-state index in [0.717, 1.165) is 18.9 Å². The molecule has 0 spiro atoms. The van der Waals surface area contributed by atoms with Crippen LogP contribution in [-0.2, 0) is 4.43 Å². The van der Waals surface area contributed by atoms with Crippen LogP contribution in [0.5, 0.6) is 0 Å². The van der Waals surface area contributed by atoms with Gasteiger partial charge in [0.25, 0.3) is 0 Å². The summed E-state index contributed by atoms with van der Waals surface area (Å²) in [6.07, 6.45) is 4.78. The van der Waals surface area contributed by atoms with Crippen molar-refractivity contribution in [1.82, 2.24) is 0 Å². The second-order valence-electron chi connectivity index (χ2n) is 2.39. The van der Waals surface area contributed by atoms with Crippen molar-refractivity contribution >= 4 is 9.76 Å². The minimum Gasteiger partial charge on any atom is -0.421 e. The molecule has 0 fully saturated rings. The summed E-state index contributed by atoms with van der Waals surface area (Å²) in [5, 5.41) is 0. The molecule has 0 amide bonds. The van der Waals surface area contributed by atoms with Crippen LogP contribution in [0.1, 0.15) is 26.7 Å². The molecule has 0 aromatic carbocycles. The van der Waals surface area contributed by atoms with Gasteiger partial charge in [0.1, 0.15) is 0 Å². The third-order valence-corrected chi connectivity index (χ3v) is 2.94. The molecule has 0 unspecified atom stereocenters. The predicted molar refractivity (Wildman–Crippen MR) is 49.0 cm³/mol. The third kappa shape index (κ3) is 4.76. The minimum absolute atomic E-state index is 0.276. The molecule has 0 saturated heterocycles. The Balaban J connectivity index is 3.16. The maximum Gasteiger partial charge on any atom is 0.165 e. The highest BCUT2D eigenvalue weighted by molar-refractivity contribution is 6.27. The van der Waals surface area contributed by atoms with Gasteiger partial charge in [0.05, 0.1) is 0 Å². The van der Waals surface area contributed by atoms with E-state index >= 15 is 0 Å². The lowest BCUT2D eigenvalue weighted by Crippen LogP contribution is -2.12. The van der Waals surface area contributed by atoms with Crippen LogP contribution >= 0.6 is 0 Å². The molecule has 0 atom stereocenters. The molecule has 0 rings (SSSR count). The number of hydrogen-bond donors (Lipinski definition) is 0. The number of allylic oxidation sites excluding steroid dienone is 1. The van der Waals surface area contributed by atoms with Crippen LogP contribution in [0.3, 0.4) is 0 Å². The zero-order valence-electron chi connectivity index (χ0n) is 7.10. The van der Waals surface area contributed by atoms with Crippen molar-refractivity contribution in [1.29, 1.82) is 0 Å². The number of rotatable bonds is 6. The van der Waals surface area contributed by atoms with Crippen LogP contribution in [0, 0.1) is 0 Å². The molecular weight excluding hydrogens is 140 g/mol. The van der Waals surface area contributed by atoms with Crippen molar-refractivity contribution in [3.05, 3.63) is 12.7 Å². The molecule has 0 bridgehead atoms. The van der Waals surface area contributed by atoms with Gasteiger partial charge >= 0.3 is 0 Å². The first kappa shape index (κ1) is 9.92. The molecular formula is C8H18OSi. The predicted octanol–water partition coefficient (Wildman–Crippen LogP) is 1.88. The van der Waals surface area contributed by atoms with E-state index in [4.69, 9.17) is 4.43 Å². The molecule has 0 heterocycles. The maximum absolute atomic E-state index is 5.65. The van der Waals surface area contributed by atoms with E-state index in [1.165, 1.54) is 0 Å². The van der Waals surface area contributed by atoms with Crippen molar-refractivity contribution in [2.75, 3.05) is 0 Å². The van der Waals surface area contributed by atoms with Crippen molar-refractivity contribution in [3.8, 4) is 0 Å². The standard InChI is InChI=1S/C8H18OSi/c1-4-7-10-9-8(5-2)6-3/h4,8H,1,5-7,10H2,2-3H3. The fourth-order valence-corrected chi connectivity index (χ4v) is 1.95.